The molecule has 3 aromatic carbocycles. The second kappa shape index (κ2) is 9.63. The van der Waals surface area contributed by atoms with Gasteiger partial charge < -0.3 is 9.64 Å². The zero-order chi connectivity index (χ0) is 24.4. The van der Waals surface area contributed by atoms with Gasteiger partial charge in [0.2, 0.25) is 0 Å². The van der Waals surface area contributed by atoms with E-state index in [0.717, 1.165) is 52.9 Å². The zero-order valence-corrected chi connectivity index (χ0v) is 20.2. The number of fused-ring (bicyclic) bond motifs is 1. The van der Waals surface area contributed by atoms with E-state index in [1.54, 1.807) is 6.07 Å². The van der Waals surface area contributed by atoms with Gasteiger partial charge in [0, 0.05) is 23.5 Å². The molecular weight excluding hydrogens is 437 g/mol. The summed E-state index contributed by atoms with van der Waals surface area (Å²) in [6.45, 7) is 6.88. The number of benzene rings is 3. The van der Waals surface area contributed by atoms with Gasteiger partial charge in [-0.2, -0.15) is 0 Å². The second-order valence-corrected chi connectivity index (χ2v) is 8.64. The molecule has 2 aromatic heterocycles. The Bertz CT molecular complexity index is 1440. The minimum absolute atomic E-state index is 0.268. The third-order valence-corrected chi connectivity index (χ3v) is 6.10. The molecule has 0 aliphatic carbocycles. The number of hydrogen-bond donors (Lipinski definition) is 0. The average molecular weight is 466 g/mol. The van der Waals surface area contributed by atoms with Crippen LogP contribution in [0.15, 0.2) is 91.0 Å². The van der Waals surface area contributed by atoms with Crippen molar-refractivity contribution in [3.8, 4) is 22.8 Å². The lowest BCUT2D eigenvalue weighted by molar-refractivity contribution is 0.482. The molecule has 0 aliphatic rings. The summed E-state index contributed by atoms with van der Waals surface area (Å²) in [5.74, 6) is 2.15. The van der Waals surface area contributed by atoms with Crippen molar-refractivity contribution in [2.24, 2.45) is 0 Å². The highest BCUT2D eigenvalue weighted by Crippen LogP contribution is 2.39. The van der Waals surface area contributed by atoms with Crippen LogP contribution in [-0.4, -0.2) is 15.9 Å². The molecule has 35 heavy (non-hydrogen) atoms. The number of rotatable bonds is 7. The molecule has 4 nitrogen and oxygen atoms in total. The molecule has 0 unspecified atom stereocenters. The number of hydrogen-bond acceptors (Lipinski definition) is 3. The van der Waals surface area contributed by atoms with Gasteiger partial charge in [0.15, 0.2) is 0 Å². The molecule has 2 heterocycles. The van der Waals surface area contributed by atoms with Gasteiger partial charge in [-0.15, -0.1) is 0 Å². The molecule has 0 spiro atoms. The minimum atomic E-state index is -0.268. The van der Waals surface area contributed by atoms with Gasteiger partial charge in [0.05, 0.1) is 0 Å². The summed E-state index contributed by atoms with van der Waals surface area (Å²) >= 11 is 0. The van der Waals surface area contributed by atoms with Gasteiger partial charge in [-0.3, -0.25) is 4.40 Å². The van der Waals surface area contributed by atoms with E-state index in [-0.39, 0.29) is 5.82 Å². The number of nitrogens with zero attached hydrogens (tertiary/aromatic N) is 3. The van der Waals surface area contributed by atoms with Crippen LogP contribution < -0.4 is 9.64 Å². The first-order valence-corrected chi connectivity index (χ1v) is 11.9. The molecule has 0 saturated carbocycles. The van der Waals surface area contributed by atoms with E-state index in [1.807, 2.05) is 79.7 Å². The standard InChI is InChI=1S/C30H28FN3O/c1-4-20-33(23-16-18-25(19-17-23)35-24-12-6-5-7-13-24)30-29(28-21(2)10-8-14-26(28)31)32-27-15-9-11-22(3)34(27)30/h5-19H,4,20H2,1-3H3. The number of para-hydroxylation sites is 1. The van der Waals surface area contributed by atoms with E-state index < -0.39 is 0 Å². The summed E-state index contributed by atoms with van der Waals surface area (Å²) in [5.41, 5.74) is 4.87. The fourth-order valence-corrected chi connectivity index (χ4v) is 4.48. The van der Waals surface area contributed by atoms with E-state index in [0.29, 0.717) is 11.3 Å². The molecule has 176 valence electrons. The molecule has 5 aromatic rings. The molecule has 0 saturated heterocycles. The van der Waals surface area contributed by atoms with Crippen molar-refractivity contribution in [3.05, 3.63) is 108 Å². The largest absolute Gasteiger partial charge is 0.457 e. The number of aryl methyl sites for hydroxylation is 2. The van der Waals surface area contributed by atoms with Gasteiger partial charge in [-0.1, -0.05) is 43.3 Å². The van der Waals surface area contributed by atoms with E-state index in [2.05, 4.69) is 29.2 Å². The molecule has 0 atom stereocenters. The van der Waals surface area contributed by atoms with E-state index in [4.69, 9.17) is 9.72 Å². The molecule has 5 heteroatoms. The maximum atomic E-state index is 15.2. The smallest absolute Gasteiger partial charge is 0.146 e. The molecule has 0 aliphatic heterocycles. The number of pyridine rings is 1. The first-order valence-electron chi connectivity index (χ1n) is 11.9. The van der Waals surface area contributed by atoms with Gasteiger partial charge in [-0.25, -0.2) is 9.37 Å². The zero-order valence-electron chi connectivity index (χ0n) is 20.2. The lowest BCUT2D eigenvalue weighted by Gasteiger charge is -2.26. The van der Waals surface area contributed by atoms with Crippen molar-refractivity contribution in [3.63, 3.8) is 0 Å². The van der Waals surface area contributed by atoms with Crippen LogP contribution in [0.2, 0.25) is 0 Å². The summed E-state index contributed by atoms with van der Waals surface area (Å²) in [4.78, 5) is 7.15. The molecule has 0 amide bonds. The molecule has 5 rings (SSSR count). The highest BCUT2D eigenvalue weighted by atomic mass is 19.1. The SMILES string of the molecule is CCCN(c1ccc(Oc2ccccc2)cc1)c1c(-c2c(C)cccc2F)nc2cccc(C)n12. The Morgan fingerprint density at radius 3 is 2.26 bits per heavy atom. The van der Waals surface area contributed by atoms with Crippen LogP contribution in [0.1, 0.15) is 24.6 Å². The predicted molar refractivity (Wildman–Crippen MR) is 140 cm³/mol. The van der Waals surface area contributed by atoms with Crippen molar-refractivity contribution in [2.45, 2.75) is 27.2 Å². The number of anilines is 2. The third kappa shape index (κ3) is 4.37. The lowest BCUT2D eigenvalue weighted by Crippen LogP contribution is -2.21. The number of aromatic nitrogens is 2. The minimum Gasteiger partial charge on any atom is -0.457 e. The van der Waals surface area contributed by atoms with E-state index in [9.17, 15) is 0 Å². The maximum absolute atomic E-state index is 15.2. The first kappa shape index (κ1) is 22.7. The fourth-order valence-electron chi connectivity index (χ4n) is 4.48. The normalized spacial score (nSPS) is 11.1. The maximum Gasteiger partial charge on any atom is 0.146 e. The number of halogens is 1. The van der Waals surface area contributed by atoms with Crippen LogP contribution in [0, 0.1) is 19.7 Å². The Kier molecular flexibility index (Phi) is 6.23. The molecule has 0 radical (unpaired) electrons. The topological polar surface area (TPSA) is 29.8 Å². The average Bonchev–Trinajstić information content (AvgIpc) is 3.24. The Labute approximate surface area is 205 Å². The fraction of sp³-hybridized carbons (Fsp3) is 0.167. The van der Waals surface area contributed by atoms with Gasteiger partial charge in [0.25, 0.3) is 0 Å². The van der Waals surface area contributed by atoms with Crippen LogP contribution in [0.25, 0.3) is 16.9 Å². The van der Waals surface area contributed by atoms with Crippen LogP contribution in [0.3, 0.4) is 0 Å². The summed E-state index contributed by atoms with van der Waals surface area (Å²) in [6.07, 6.45) is 0.914. The number of imidazole rings is 1. The highest BCUT2D eigenvalue weighted by molar-refractivity contribution is 5.83. The van der Waals surface area contributed by atoms with Gasteiger partial charge in [0.1, 0.15) is 34.5 Å². The molecule has 0 N–H and O–H groups in total. The van der Waals surface area contributed by atoms with E-state index in [1.165, 1.54) is 6.07 Å². The van der Waals surface area contributed by atoms with E-state index >= 15 is 4.39 Å². The van der Waals surface area contributed by atoms with Crippen molar-refractivity contribution in [2.75, 3.05) is 11.4 Å². The number of ether oxygens (including phenoxy) is 1. The Balaban J connectivity index is 1.65. The van der Waals surface area contributed by atoms with Gasteiger partial charge >= 0.3 is 0 Å². The third-order valence-electron chi connectivity index (χ3n) is 6.10. The van der Waals surface area contributed by atoms with Crippen molar-refractivity contribution in [1.82, 2.24) is 9.38 Å². The second-order valence-electron chi connectivity index (χ2n) is 8.64. The lowest BCUT2D eigenvalue weighted by atomic mass is 10.0. The summed E-state index contributed by atoms with van der Waals surface area (Å²) in [6, 6.07) is 28.9. The van der Waals surface area contributed by atoms with Crippen LogP contribution in [0.5, 0.6) is 11.5 Å². The molecule has 0 bridgehead atoms. The Morgan fingerprint density at radius 1 is 0.829 bits per heavy atom. The van der Waals surface area contributed by atoms with Crippen LogP contribution in [0.4, 0.5) is 15.9 Å². The van der Waals surface area contributed by atoms with Crippen molar-refractivity contribution in [1.29, 1.82) is 0 Å². The Hall–Kier alpha value is -4.12. The first-order chi connectivity index (χ1) is 17.1. The highest BCUT2D eigenvalue weighted by Gasteiger charge is 2.25. The van der Waals surface area contributed by atoms with Gasteiger partial charge in [-0.05, 0) is 80.4 Å². The Morgan fingerprint density at radius 2 is 1.54 bits per heavy atom. The van der Waals surface area contributed by atoms with Crippen molar-refractivity contribution < 1.29 is 9.13 Å². The predicted octanol–water partition coefficient (Wildman–Crippen LogP) is 8.10. The van der Waals surface area contributed by atoms with Crippen LogP contribution in [-0.2, 0) is 0 Å². The monoisotopic (exact) mass is 465 g/mol. The van der Waals surface area contributed by atoms with Crippen molar-refractivity contribution >= 4 is 17.2 Å². The summed E-state index contributed by atoms with van der Waals surface area (Å²) in [7, 11) is 0. The summed E-state index contributed by atoms with van der Waals surface area (Å²) < 4.78 is 23.3. The van der Waals surface area contributed by atoms with Crippen LogP contribution >= 0.6 is 0 Å². The quantitative estimate of drug-likeness (QED) is 0.243. The summed E-state index contributed by atoms with van der Waals surface area (Å²) in [5, 5.41) is 0. The molecular formula is C30H28FN3O. The molecule has 0 fully saturated rings.